The van der Waals surface area contributed by atoms with Crippen molar-refractivity contribution in [3.63, 3.8) is 0 Å². The number of rotatable bonds is 9. The summed E-state index contributed by atoms with van der Waals surface area (Å²) in [4.78, 5) is 15.5. The predicted molar refractivity (Wildman–Crippen MR) is 131 cm³/mol. The number of hydrogen-bond acceptors (Lipinski definition) is 5. The molecule has 0 unspecified atom stereocenters. The summed E-state index contributed by atoms with van der Waals surface area (Å²) in [5.41, 5.74) is 2.75. The number of para-hydroxylation sites is 1. The van der Waals surface area contributed by atoms with Crippen molar-refractivity contribution in [2.45, 2.75) is 6.61 Å². The van der Waals surface area contributed by atoms with Gasteiger partial charge in [0, 0.05) is 6.21 Å². The minimum absolute atomic E-state index is 0.239. The Kier molecular flexibility index (Phi) is 7.20. The molecule has 0 aliphatic carbocycles. The zero-order chi connectivity index (χ0) is 23.8. The molecule has 34 heavy (non-hydrogen) atoms. The third kappa shape index (κ3) is 6.01. The van der Waals surface area contributed by atoms with Crippen LogP contribution in [0.2, 0.25) is 0 Å². The van der Waals surface area contributed by atoms with E-state index < -0.39 is 5.97 Å². The van der Waals surface area contributed by atoms with Crippen molar-refractivity contribution in [3.05, 3.63) is 114 Å². The van der Waals surface area contributed by atoms with Crippen LogP contribution in [0.3, 0.4) is 0 Å². The van der Waals surface area contributed by atoms with Crippen LogP contribution in [0.15, 0.2) is 102 Å². The summed E-state index contributed by atoms with van der Waals surface area (Å²) in [6, 6.07) is 29.3. The van der Waals surface area contributed by atoms with Gasteiger partial charge in [0.2, 0.25) is 0 Å². The van der Waals surface area contributed by atoms with Crippen LogP contribution in [0.25, 0.3) is 0 Å². The summed E-state index contributed by atoms with van der Waals surface area (Å²) in [6.07, 6.45) is 1.75. The summed E-state index contributed by atoms with van der Waals surface area (Å²) >= 11 is 0. The van der Waals surface area contributed by atoms with Gasteiger partial charge in [-0.1, -0.05) is 30.3 Å². The molecule has 1 N–H and O–H groups in total. The number of carboxylic acids is 1. The largest absolute Gasteiger partial charge is 0.493 e. The van der Waals surface area contributed by atoms with Crippen molar-refractivity contribution in [2.75, 3.05) is 7.11 Å². The lowest BCUT2D eigenvalue weighted by atomic mass is 10.1. The SMILES string of the molecule is COc1cc(C=Nc2ccc(Oc3ccccc3)cc2)ccc1OCc1ccc(C(=O)O)cc1. The molecular formula is C28H23NO5. The molecule has 0 aliphatic heterocycles. The van der Waals surface area contributed by atoms with Crippen LogP contribution in [-0.2, 0) is 6.61 Å². The second kappa shape index (κ2) is 10.8. The van der Waals surface area contributed by atoms with E-state index in [2.05, 4.69) is 4.99 Å². The Bertz CT molecular complexity index is 1270. The molecule has 6 nitrogen and oxygen atoms in total. The maximum atomic E-state index is 11.0. The Morgan fingerprint density at radius 2 is 1.56 bits per heavy atom. The van der Waals surface area contributed by atoms with Crippen molar-refractivity contribution in [1.82, 2.24) is 0 Å². The molecule has 0 saturated heterocycles. The molecular weight excluding hydrogens is 430 g/mol. The van der Waals surface area contributed by atoms with E-state index >= 15 is 0 Å². The van der Waals surface area contributed by atoms with Gasteiger partial charge in [0.05, 0.1) is 18.4 Å². The van der Waals surface area contributed by atoms with Crippen LogP contribution in [0.4, 0.5) is 5.69 Å². The zero-order valence-electron chi connectivity index (χ0n) is 18.5. The van der Waals surface area contributed by atoms with Crippen LogP contribution in [0.5, 0.6) is 23.0 Å². The number of carbonyl (C=O) groups is 1. The highest BCUT2D eigenvalue weighted by Gasteiger charge is 2.07. The van der Waals surface area contributed by atoms with Crippen LogP contribution >= 0.6 is 0 Å². The maximum absolute atomic E-state index is 11.0. The van der Waals surface area contributed by atoms with Gasteiger partial charge in [-0.2, -0.15) is 0 Å². The summed E-state index contributed by atoms with van der Waals surface area (Å²) < 4.78 is 17.1. The summed E-state index contributed by atoms with van der Waals surface area (Å²) in [7, 11) is 1.58. The Balaban J connectivity index is 1.38. The van der Waals surface area contributed by atoms with Gasteiger partial charge in [-0.3, -0.25) is 4.99 Å². The number of carboxylic acid groups (broad SMARTS) is 1. The lowest BCUT2D eigenvalue weighted by Gasteiger charge is -2.11. The number of aromatic carboxylic acids is 1. The third-order valence-electron chi connectivity index (χ3n) is 4.96. The van der Waals surface area contributed by atoms with Gasteiger partial charge in [-0.15, -0.1) is 0 Å². The standard InChI is InChI=1S/C28H23NO5/c1-32-27-17-21(9-16-26(27)33-19-20-7-10-22(11-8-20)28(30)31)18-29-23-12-14-25(15-13-23)34-24-5-3-2-4-6-24/h2-18H,19H2,1H3,(H,30,31). The van der Waals surface area contributed by atoms with E-state index in [1.807, 2.05) is 72.8 Å². The van der Waals surface area contributed by atoms with Crippen molar-refractivity contribution in [1.29, 1.82) is 0 Å². The number of aliphatic imine (C=N–C) groups is 1. The average molecular weight is 453 g/mol. The number of benzene rings is 4. The van der Waals surface area contributed by atoms with Gasteiger partial charge in [0.15, 0.2) is 11.5 Å². The molecule has 0 fully saturated rings. The lowest BCUT2D eigenvalue weighted by Crippen LogP contribution is -2.00. The highest BCUT2D eigenvalue weighted by Crippen LogP contribution is 2.29. The third-order valence-corrected chi connectivity index (χ3v) is 4.96. The van der Waals surface area contributed by atoms with E-state index in [0.717, 1.165) is 28.3 Å². The van der Waals surface area contributed by atoms with Crippen LogP contribution in [0.1, 0.15) is 21.5 Å². The molecule has 0 bridgehead atoms. The molecule has 0 radical (unpaired) electrons. The topological polar surface area (TPSA) is 77.3 Å². The predicted octanol–water partition coefficient (Wildman–Crippen LogP) is 6.52. The van der Waals surface area contributed by atoms with Gasteiger partial charge >= 0.3 is 5.97 Å². The molecule has 6 heteroatoms. The van der Waals surface area contributed by atoms with Crippen molar-refractivity contribution in [3.8, 4) is 23.0 Å². The normalized spacial score (nSPS) is 10.7. The van der Waals surface area contributed by atoms with Crippen molar-refractivity contribution in [2.24, 2.45) is 4.99 Å². The van der Waals surface area contributed by atoms with Crippen LogP contribution < -0.4 is 14.2 Å². The summed E-state index contributed by atoms with van der Waals surface area (Å²) in [5, 5.41) is 9.00. The molecule has 0 aliphatic rings. The smallest absolute Gasteiger partial charge is 0.335 e. The highest BCUT2D eigenvalue weighted by molar-refractivity contribution is 5.87. The van der Waals surface area contributed by atoms with Gasteiger partial charge in [-0.25, -0.2) is 4.79 Å². The van der Waals surface area contributed by atoms with E-state index in [0.29, 0.717) is 18.1 Å². The fraction of sp³-hybridized carbons (Fsp3) is 0.0714. The minimum atomic E-state index is -0.956. The van der Waals surface area contributed by atoms with Crippen molar-refractivity contribution >= 4 is 17.9 Å². The van der Waals surface area contributed by atoms with E-state index in [1.165, 1.54) is 0 Å². The maximum Gasteiger partial charge on any atom is 0.335 e. The molecule has 0 atom stereocenters. The van der Waals surface area contributed by atoms with E-state index in [-0.39, 0.29) is 5.56 Å². The molecule has 4 aromatic rings. The Hall–Kier alpha value is -4.58. The second-order valence-corrected chi connectivity index (χ2v) is 7.37. The van der Waals surface area contributed by atoms with Gasteiger partial charge in [0.25, 0.3) is 0 Å². The zero-order valence-corrected chi connectivity index (χ0v) is 18.5. The Labute approximate surface area is 197 Å². The first-order valence-corrected chi connectivity index (χ1v) is 10.6. The van der Waals surface area contributed by atoms with Crippen molar-refractivity contribution < 1.29 is 24.1 Å². The van der Waals surface area contributed by atoms with Crippen LogP contribution in [0, 0.1) is 0 Å². The second-order valence-electron chi connectivity index (χ2n) is 7.37. The first-order valence-electron chi connectivity index (χ1n) is 10.6. The monoisotopic (exact) mass is 453 g/mol. The fourth-order valence-corrected chi connectivity index (χ4v) is 3.16. The summed E-state index contributed by atoms with van der Waals surface area (Å²) in [5.74, 6) is 1.74. The molecule has 0 aromatic heterocycles. The molecule has 4 rings (SSSR count). The van der Waals surface area contributed by atoms with Gasteiger partial charge in [-0.05, 0) is 77.9 Å². The number of nitrogens with zero attached hydrogens (tertiary/aromatic N) is 1. The first-order chi connectivity index (χ1) is 16.6. The minimum Gasteiger partial charge on any atom is -0.493 e. The molecule has 170 valence electrons. The van der Waals surface area contributed by atoms with Crippen LogP contribution in [-0.4, -0.2) is 24.4 Å². The number of hydrogen-bond donors (Lipinski definition) is 1. The van der Waals surface area contributed by atoms with E-state index in [9.17, 15) is 4.79 Å². The van der Waals surface area contributed by atoms with E-state index in [1.54, 1.807) is 37.6 Å². The van der Waals surface area contributed by atoms with Gasteiger partial charge < -0.3 is 19.3 Å². The molecule has 0 amide bonds. The Morgan fingerprint density at radius 3 is 2.24 bits per heavy atom. The van der Waals surface area contributed by atoms with E-state index in [4.69, 9.17) is 19.3 Å². The highest BCUT2D eigenvalue weighted by atomic mass is 16.5. The lowest BCUT2D eigenvalue weighted by molar-refractivity contribution is 0.0697. The molecule has 0 saturated carbocycles. The Morgan fingerprint density at radius 1 is 0.853 bits per heavy atom. The number of methoxy groups -OCH3 is 1. The molecule has 0 spiro atoms. The first kappa shape index (κ1) is 22.6. The average Bonchev–Trinajstić information content (AvgIpc) is 2.88. The number of ether oxygens (including phenoxy) is 3. The van der Waals surface area contributed by atoms with Gasteiger partial charge in [0.1, 0.15) is 18.1 Å². The summed E-state index contributed by atoms with van der Waals surface area (Å²) in [6.45, 7) is 0.293. The molecule has 4 aromatic carbocycles. The quantitative estimate of drug-likeness (QED) is 0.292. The fourth-order valence-electron chi connectivity index (χ4n) is 3.16. The molecule has 0 heterocycles.